The molecule has 0 saturated carbocycles. The van der Waals surface area contributed by atoms with Crippen LogP contribution < -0.4 is 0 Å². The molecule has 0 aromatic heterocycles. The molecule has 0 spiro atoms. The maximum atomic E-state index is 10.4. The summed E-state index contributed by atoms with van der Waals surface area (Å²) in [5, 5.41) is 18.8. The van der Waals surface area contributed by atoms with Crippen molar-refractivity contribution in [2.75, 3.05) is 6.61 Å². The first-order valence-corrected chi connectivity index (χ1v) is 5.89. The van der Waals surface area contributed by atoms with Crippen LogP contribution in [0.1, 0.15) is 0 Å². The Morgan fingerprint density at radius 2 is 2.00 bits per heavy atom. The molecule has 1 fully saturated rings. The number of hydrogen-bond donors (Lipinski definition) is 4. The van der Waals surface area contributed by atoms with Crippen LogP contribution in [0.3, 0.4) is 0 Å². The molecule has 1 saturated heterocycles. The summed E-state index contributed by atoms with van der Waals surface area (Å²) in [6, 6.07) is -0.648. The van der Waals surface area contributed by atoms with Gasteiger partial charge in [-0.05, 0) is 0 Å². The Bertz CT molecular complexity index is 256. The number of ether oxygens (including phenoxy) is 1. The van der Waals surface area contributed by atoms with Gasteiger partial charge >= 0.3 is 7.82 Å². The van der Waals surface area contributed by atoms with Gasteiger partial charge in [0, 0.05) is 0 Å². The number of phosphoric ester groups is 1. The molecule has 1 aliphatic rings. The molecule has 0 aliphatic carbocycles. The van der Waals surface area contributed by atoms with Crippen molar-refractivity contribution in [2.45, 2.75) is 31.1 Å². The summed E-state index contributed by atoms with van der Waals surface area (Å²) < 4.78 is 19.7. The zero-order valence-corrected chi connectivity index (χ0v) is 8.95. The SMILES string of the molecule is C[B][C@@H]1O[C@H](COP(=O)(O)O)[C@H](O)[C@@H]1O. The average molecular weight is 239 g/mol. The largest absolute Gasteiger partial charge is 0.469 e. The van der Waals surface area contributed by atoms with Gasteiger partial charge in [0.2, 0.25) is 0 Å². The third-order valence-electron chi connectivity index (χ3n) is 2.13. The number of hydrogen-bond acceptors (Lipinski definition) is 5. The van der Waals surface area contributed by atoms with Crippen LogP contribution in [0.5, 0.6) is 0 Å². The average Bonchev–Trinajstić information content (AvgIpc) is 2.40. The lowest BCUT2D eigenvalue weighted by molar-refractivity contribution is -0.00898. The fourth-order valence-corrected chi connectivity index (χ4v) is 1.70. The first-order valence-electron chi connectivity index (χ1n) is 4.36. The third kappa shape index (κ3) is 3.53. The van der Waals surface area contributed by atoms with Gasteiger partial charge in [0.15, 0.2) is 0 Å². The van der Waals surface area contributed by atoms with Gasteiger partial charge in [-0.2, -0.15) is 0 Å². The van der Waals surface area contributed by atoms with E-state index in [1.54, 1.807) is 14.1 Å². The molecule has 9 heteroatoms. The lowest BCUT2D eigenvalue weighted by Crippen LogP contribution is -2.35. The minimum atomic E-state index is -4.58. The van der Waals surface area contributed by atoms with Crippen LogP contribution in [0, 0.1) is 0 Å². The molecule has 1 rings (SSSR count). The second kappa shape index (κ2) is 4.92. The van der Waals surface area contributed by atoms with E-state index in [0.717, 1.165) is 0 Å². The lowest BCUT2D eigenvalue weighted by Gasteiger charge is -2.14. The summed E-state index contributed by atoms with van der Waals surface area (Å²) >= 11 is 0. The molecule has 0 bridgehead atoms. The van der Waals surface area contributed by atoms with E-state index in [1.165, 1.54) is 0 Å². The van der Waals surface area contributed by atoms with E-state index >= 15 is 0 Å². The van der Waals surface area contributed by atoms with Crippen molar-refractivity contribution in [2.24, 2.45) is 0 Å². The highest BCUT2D eigenvalue weighted by atomic mass is 31.2. The van der Waals surface area contributed by atoms with E-state index in [1.807, 2.05) is 0 Å². The van der Waals surface area contributed by atoms with E-state index in [9.17, 15) is 14.8 Å². The van der Waals surface area contributed by atoms with Gasteiger partial charge < -0.3 is 24.7 Å². The molecule has 0 aromatic carbocycles. The first kappa shape index (κ1) is 13.1. The summed E-state index contributed by atoms with van der Waals surface area (Å²) in [5.41, 5.74) is 0. The van der Waals surface area contributed by atoms with Gasteiger partial charge in [0.05, 0.1) is 12.6 Å². The molecule has 4 atom stereocenters. The Balaban J connectivity index is 2.47. The molecule has 15 heavy (non-hydrogen) atoms. The summed E-state index contributed by atoms with van der Waals surface area (Å²) in [6.07, 6.45) is -3.24. The zero-order valence-electron chi connectivity index (χ0n) is 8.05. The minimum absolute atomic E-state index is 0.465. The lowest BCUT2D eigenvalue weighted by atomic mass is 9.72. The van der Waals surface area contributed by atoms with E-state index in [0.29, 0.717) is 0 Å². The minimum Gasteiger partial charge on any atom is -0.388 e. The van der Waals surface area contributed by atoms with Gasteiger partial charge in [0.1, 0.15) is 25.6 Å². The fourth-order valence-electron chi connectivity index (χ4n) is 1.36. The molecular weight excluding hydrogens is 226 g/mol. The second-order valence-corrected chi connectivity index (χ2v) is 4.48. The van der Waals surface area contributed by atoms with Crippen LogP contribution in [0.2, 0.25) is 6.82 Å². The van der Waals surface area contributed by atoms with Gasteiger partial charge in [-0.25, -0.2) is 4.57 Å². The van der Waals surface area contributed by atoms with Crippen LogP contribution in [0.15, 0.2) is 0 Å². The van der Waals surface area contributed by atoms with E-state index < -0.39 is 38.7 Å². The highest BCUT2D eigenvalue weighted by molar-refractivity contribution is 7.46. The molecule has 1 radical (unpaired) electrons. The van der Waals surface area contributed by atoms with E-state index in [-0.39, 0.29) is 0 Å². The van der Waals surface area contributed by atoms with Crippen molar-refractivity contribution in [3.8, 4) is 0 Å². The zero-order chi connectivity index (χ0) is 11.6. The molecule has 0 amide bonds. The highest BCUT2D eigenvalue weighted by Crippen LogP contribution is 2.37. The molecular formula is C6H13BO7P. The standard InChI is InChI=1S/C6H13BO7P/c1-7-6-5(9)4(8)3(14-6)2-13-15(10,11)12/h3-6,8-9H,2H2,1H3,(H2,10,11,12)/t3-,4+,5+,6-/m1/s1. The highest BCUT2D eigenvalue weighted by Gasteiger charge is 2.42. The van der Waals surface area contributed by atoms with E-state index in [4.69, 9.17) is 14.5 Å². The summed E-state index contributed by atoms with van der Waals surface area (Å²) in [6.45, 7) is 1.18. The van der Waals surface area contributed by atoms with Gasteiger partial charge in [-0.3, -0.25) is 4.52 Å². The smallest absolute Gasteiger partial charge is 0.388 e. The van der Waals surface area contributed by atoms with Crippen molar-refractivity contribution >= 4 is 15.1 Å². The van der Waals surface area contributed by atoms with Gasteiger partial charge in [-0.15, -0.1) is 0 Å². The Hall–Kier alpha value is 0.0549. The number of phosphoric acid groups is 1. The van der Waals surface area contributed by atoms with Crippen LogP contribution in [0.4, 0.5) is 0 Å². The monoisotopic (exact) mass is 239 g/mol. The van der Waals surface area contributed by atoms with Crippen LogP contribution >= 0.6 is 7.82 Å². The number of aliphatic hydroxyl groups is 2. The molecule has 0 aromatic rings. The summed E-state index contributed by atoms with van der Waals surface area (Å²) in [7, 11) is -3.03. The molecule has 7 nitrogen and oxygen atoms in total. The van der Waals surface area contributed by atoms with E-state index in [2.05, 4.69) is 4.52 Å². The number of rotatable bonds is 4. The Labute approximate surface area is 87.5 Å². The van der Waals surface area contributed by atoms with Gasteiger partial charge in [-0.1, -0.05) is 6.82 Å². The Kier molecular flexibility index (Phi) is 4.31. The van der Waals surface area contributed by atoms with Crippen molar-refractivity contribution in [1.82, 2.24) is 0 Å². The van der Waals surface area contributed by atoms with Crippen LogP contribution in [-0.4, -0.2) is 58.2 Å². The Morgan fingerprint density at radius 3 is 2.40 bits per heavy atom. The molecule has 0 unspecified atom stereocenters. The third-order valence-corrected chi connectivity index (χ3v) is 2.62. The quantitative estimate of drug-likeness (QED) is 0.341. The molecule has 1 heterocycles. The van der Waals surface area contributed by atoms with Crippen molar-refractivity contribution in [3.05, 3.63) is 0 Å². The van der Waals surface area contributed by atoms with Crippen molar-refractivity contribution in [3.63, 3.8) is 0 Å². The Morgan fingerprint density at radius 1 is 1.40 bits per heavy atom. The normalized spacial score (nSPS) is 36.9. The predicted molar refractivity (Wildman–Crippen MR) is 50.3 cm³/mol. The van der Waals surface area contributed by atoms with Gasteiger partial charge in [0.25, 0.3) is 0 Å². The predicted octanol–water partition coefficient (Wildman–Crippen LogP) is -1.71. The topological polar surface area (TPSA) is 116 Å². The summed E-state index contributed by atoms with van der Waals surface area (Å²) in [4.78, 5) is 16.9. The van der Waals surface area contributed by atoms with Crippen molar-refractivity contribution < 1.29 is 33.8 Å². The second-order valence-electron chi connectivity index (χ2n) is 3.24. The maximum Gasteiger partial charge on any atom is 0.469 e. The summed E-state index contributed by atoms with van der Waals surface area (Å²) in [5.74, 6) is 0. The fraction of sp³-hybridized carbons (Fsp3) is 1.00. The van der Waals surface area contributed by atoms with Crippen LogP contribution in [-0.2, 0) is 13.8 Å². The molecule has 87 valence electrons. The van der Waals surface area contributed by atoms with Crippen LogP contribution in [0.25, 0.3) is 0 Å². The number of aliphatic hydroxyl groups excluding tert-OH is 2. The molecule has 1 aliphatic heterocycles. The first-order chi connectivity index (χ1) is 6.85. The van der Waals surface area contributed by atoms with Crippen molar-refractivity contribution in [1.29, 1.82) is 0 Å². The molecule has 4 N–H and O–H groups in total. The maximum absolute atomic E-state index is 10.4.